The van der Waals surface area contributed by atoms with Crippen molar-refractivity contribution >= 4 is 23.3 Å². The number of hydrogen-bond acceptors (Lipinski definition) is 5. The number of anilines is 1. The van der Waals surface area contributed by atoms with E-state index in [2.05, 4.69) is 10.3 Å². The maximum atomic E-state index is 13.2. The van der Waals surface area contributed by atoms with Crippen LogP contribution in [-0.2, 0) is 6.42 Å². The molecule has 1 N–H and O–H groups in total. The van der Waals surface area contributed by atoms with Gasteiger partial charge in [-0.2, -0.15) is 4.57 Å². The van der Waals surface area contributed by atoms with E-state index >= 15 is 0 Å². The van der Waals surface area contributed by atoms with Gasteiger partial charge >= 0.3 is 11.7 Å². The molecule has 142 valence electrons. The zero-order valence-corrected chi connectivity index (χ0v) is 16.0. The van der Waals surface area contributed by atoms with E-state index in [1.165, 1.54) is 0 Å². The van der Waals surface area contributed by atoms with Crippen LogP contribution in [0, 0.1) is 0 Å². The van der Waals surface area contributed by atoms with Gasteiger partial charge in [-0.15, -0.1) is 0 Å². The van der Waals surface area contributed by atoms with Crippen LogP contribution in [0.4, 0.5) is 5.82 Å². The number of carbonyl (C=O) groups is 1. The predicted octanol–water partition coefficient (Wildman–Crippen LogP) is 4.02. The molecule has 3 aromatic heterocycles. The van der Waals surface area contributed by atoms with E-state index < -0.39 is 6.04 Å². The Hall–Kier alpha value is -3.51. The van der Waals surface area contributed by atoms with Gasteiger partial charge in [-0.25, -0.2) is 14.8 Å². The minimum Gasteiger partial charge on any atom is -0.469 e. The van der Waals surface area contributed by atoms with Crippen LogP contribution in [0.2, 0.25) is 5.15 Å². The highest BCUT2D eigenvalue weighted by molar-refractivity contribution is 6.32. The normalized spacial score (nSPS) is 15.2. The van der Waals surface area contributed by atoms with Gasteiger partial charge in [-0.1, -0.05) is 41.9 Å². The number of halogens is 1. The second-order valence-corrected chi connectivity index (χ2v) is 7.08. The van der Waals surface area contributed by atoms with E-state index in [-0.39, 0.29) is 5.91 Å². The SMILES string of the molecule is O=C1C(Cc2ccco2)Nc2c(-c3cccnc3Cl)nc(-c3ccccc3)c[n+]21. The molecule has 0 radical (unpaired) electrons. The van der Waals surface area contributed by atoms with Crippen LogP contribution >= 0.6 is 11.6 Å². The first-order chi connectivity index (χ1) is 14.2. The largest absolute Gasteiger partial charge is 0.469 e. The molecule has 7 heteroatoms. The molecule has 0 spiro atoms. The van der Waals surface area contributed by atoms with Crippen LogP contribution in [0.5, 0.6) is 0 Å². The van der Waals surface area contributed by atoms with Gasteiger partial charge in [0, 0.05) is 17.3 Å². The van der Waals surface area contributed by atoms with Gasteiger partial charge in [0.1, 0.15) is 22.8 Å². The van der Waals surface area contributed by atoms with Gasteiger partial charge < -0.3 is 4.42 Å². The lowest BCUT2D eigenvalue weighted by Crippen LogP contribution is -2.43. The summed E-state index contributed by atoms with van der Waals surface area (Å²) in [6.07, 6.45) is 5.42. The average molecular weight is 404 g/mol. The molecule has 5 rings (SSSR count). The van der Waals surface area contributed by atoms with Crippen molar-refractivity contribution in [3.05, 3.63) is 84.2 Å². The van der Waals surface area contributed by atoms with Gasteiger partial charge in [-0.3, -0.25) is 5.32 Å². The molecular weight excluding hydrogens is 388 g/mol. The zero-order chi connectivity index (χ0) is 19.8. The van der Waals surface area contributed by atoms with E-state index in [9.17, 15) is 4.79 Å². The fourth-order valence-electron chi connectivity index (χ4n) is 3.48. The molecule has 1 aliphatic rings. The summed E-state index contributed by atoms with van der Waals surface area (Å²) < 4.78 is 7.03. The number of furan rings is 1. The number of aromatic nitrogens is 3. The second kappa shape index (κ2) is 7.14. The first-order valence-electron chi connectivity index (χ1n) is 9.17. The third-order valence-corrected chi connectivity index (χ3v) is 5.17. The van der Waals surface area contributed by atoms with Crippen LogP contribution < -0.4 is 9.88 Å². The Balaban J connectivity index is 1.66. The molecule has 0 amide bonds. The van der Waals surface area contributed by atoms with Gasteiger partial charge in [0.05, 0.1) is 12.7 Å². The number of carbonyl (C=O) groups excluding carboxylic acids is 1. The van der Waals surface area contributed by atoms with Gasteiger partial charge in [0.15, 0.2) is 5.69 Å². The summed E-state index contributed by atoms with van der Waals surface area (Å²) in [5.41, 5.74) is 2.83. The minimum atomic E-state index is -0.455. The fourth-order valence-corrected chi connectivity index (χ4v) is 3.69. The number of hydrogen-bond donors (Lipinski definition) is 1. The van der Waals surface area contributed by atoms with Crippen molar-refractivity contribution in [3.63, 3.8) is 0 Å². The van der Waals surface area contributed by atoms with Gasteiger partial charge in [0.25, 0.3) is 0 Å². The average Bonchev–Trinajstić information content (AvgIpc) is 3.37. The highest BCUT2D eigenvalue weighted by atomic mass is 35.5. The molecule has 4 aromatic rings. The number of nitrogens with one attached hydrogen (secondary N) is 1. The van der Waals surface area contributed by atoms with Crippen molar-refractivity contribution < 1.29 is 13.8 Å². The molecule has 1 aromatic carbocycles. The Morgan fingerprint density at radius 2 is 1.97 bits per heavy atom. The third kappa shape index (κ3) is 3.17. The summed E-state index contributed by atoms with van der Waals surface area (Å²) in [6.45, 7) is 0. The molecule has 29 heavy (non-hydrogen) atoms. The zero-order valence-electron chi connectivity index (χ0n) is 15.2. The second-order valence-electron chi connectivity index (χ2n) is 6.72. The molecular formula is C22H16ClN4O2+. The van der Waals surface area contributed by atoms with E-state index in [1.54, 1.807) is 29.3 Å². The summed E-state index contributed by atoms with van der Waals surface area (Å²) in [4.78, 5) is 22.2. The van der Waals surface area contributed by atoms with Crippen LogP contribution in [0.15, 0.2) is 77.7 Å². The van der Waals surface area contributed by atoms with Crippen molar-refractivity contribution in [1.82, 2.24) is 9.97 Å². The summed E-state index contributed by atoms with van der Waals surface area (Å²) in [6, 6.07) is 16.6. The lowest BCUT2D eigenvalue weighted by Gasteiger charge is -2.07. The Labute approximate surface area is 171 Å². The molecule has 0 fully saturated rings. The standard InChI is InChI=1S/C22H15ClN4O2/c23-20-16(9-4-10-24-20)19-21-26-17(12-15-8-5-11-29-15)22(28)27(21)13-18(25-19)14-6-2-1-3-7-14/h1-11,13,17H,12H2/p+1. The highest BCUT2D eigenvalue weighted by Crippen LogP contribution is 2.33. The maximum Gasteiger partial charge on any atom is 0.359 e. The number of rotatable bonds is 4. The summed E-state index contributed by atoms with van der Waals surface area (Å²) in [5.74, 6) is 1.26. The number of fused-ring (bicyclic) bond motifs is 1. The monoisotopic (exact) mass is 403 g/mol. The van der Waals surface area contributed by atoms with E-state index in [0.29, 0.717) is 34.3 Å². The highest BCUT2D eigenvalue weighted by Gasteiger charge is 2.42. The van der Waals surface area contributed by atoms with Gasteiger partial charge in [0.2, 0.25) is 6.04 Å². The summed E-state index contributed by atoms with van der Waals surface area (Å²) >= 11 is 6.36. The number of pyridine rings is 1. The molecule has 1 unspecified atom stereocenters. The Bertz CT molecular complexity index is 1190. The summed E-state index contributed by atoms with van der Waals surface area (Å²) in [7, 11) is 0. The predicted molar refractivity (Wildman–Crippen MR) is 109 cm³/mol. The lowest BCUT2D eigenvalue weighted by molar-refractivity contribution is -0.551. The molecule has 1 aliphatic heterocycles. The van der Waals surface area contributed by atoms with Crippen molar-refractivity contribution in [1.29, 1.82) is 0 Å². The van der Waals surface area contributed by atoms with Crippen LogP contribution in [0.25, 0.3) is 22.5 Å². The molecule has 6 nitrogen and oxygen atoms in total. The summed E-state index contributed by atoms with van der Waals surface area (Å²) in [5, 5.41) is 3.63. The Kier molecular flexibility index (Phi) is 4.33. The number of benzene rings is 1. The first kappa shape index (κ1) is 17.6. The first-order valence-corrected chi connectivity index (χ1v) is 9.54. The molecule has 4 heterocycles. The Morgan fingerprint density at radius 1 is 1.10 bits per heavy atom. The maximum absolute atomic E-state index is 13.2. The van der Waals surface area contributed by atoms with Crippen LogP contribution in [-0.4, -0.2) is 21.9 Å². The van der Waals surface area contributed by atoms with Crippen molar-refractivity contribution in [2.75, 3.05) is 5.32 Å². The van der Waals surface area contributed by atoms with Crippen molar-refractivity contribution in [2.24, 2.45) is 0 Å². The van der Waals surface area contributed by atoms with Crippen molar-refractivity contribution in [2.45, 2.75) is 12.5 Å². The fraction of sp³-hybridized carbons (Fsp3) is 0.0909. The smallest absolute Gasteiger partial charge is 0.359 e. The van der Waals surface area contributed by atoms with E-state index in [0.717, 1.165) is 11.3 Å². The molecule has 0 aliphatic carbocycles. The van der Waals surface area contributed by atoms with Gasteiger partial charge in [-0.05, 0) is 24.3 Å². The molecule has 0 bridgehead atoms. The van der Waals surface area contributed by atoms with E-state index in [1.807, 2.05) is 48.5 Å². The number of nitrogens with zero attached hydrogens (tertiary/aromatic N) is 3. The molecule has 0 saturated carbocycles. The minimum absolute atomic E-state index is 0.0720. The van der Waals surface area contributed by atoms with E-state index in [4.69, 9.17) is 21.0 Å². The van der Waals surface area contributed by atoms with Crippen LogP contribution in [0.3, 0.4) is 0 Å². The quantitative estimate of drug-likeness (QED) is 0.411. The Morgan fingerprint density at radius 3 is 2.72 bits per heavy atom. The molecule has 0 saturated heterocycles. The topological polar surface area (TPSA) is 71.9 Å². The third-order valence-electron chi connectivity index (χ3n) is 4.86. The van der Waals surface area contributed by atoms with Crippen LogP contribution in [0.1, 0.15) is 10.6 Å². The molecule has 1 atom stereocenters. The van der Waals surface area contributed by atoms with Crippen molar-refractivity contribution in [3.8, 4) is 22.5 Å². The lowest BCUT2D eigenvalue weighted by atomic mass is 10.1.